The molecule has 1 saturated heterocycles. The van der Waals surface area contributed by atoms with Crippen molar-refractivity contribution in [1.82, 2.24) is 20.4 Å². The van der Waals surface area contributed by atoms with Crippen molar-refractivity contribution in [2.75, 3.05) is 26.2 Å². The molecule has 2 heterocycles. The normalized spacial score (nSPS) is 19.6. The summed E-state index contributed by atoms with van der Waals surface area (Å²) >= 11 is 0. The molecule has 1 aliphatic rings. The van der Waals surface area contributed by atoms with Gasteiger partial charge in [-0.3, -0.25) is 9.89 Å². The van der Waals surface area contributed by atoms with E-state index in [9.17, 15) is 9.59 Å². The molecule has 0 saturated carbocycles. The topological polar surface area (TPSA) is 87.3 Å². The molecule has 0 aromatic carbocycles. The Balaban J connectivity index is 2.12. The average molecular weight is 252 g/mol. The molecule has 18 heavy (non-hydrogen) atoms. The summed E-state index contributed by atoms with van der Waals surface area (Å²) < 4.78 is 4.98. The Labute approximate surface area is 104 Å². The standard InChI is InChI=1S/C11H16N4O3/c1-2-18-11(17)9-7-12-3-4-15(9)10(16)8-5-13-14-6-8/h5-6,9,12H,2-4,7H2,1H3,(H,13,14). The van der Waals surface area contributed by atoms with Gasteiger partial charge < -0.3 is 15.0 Å². The van der Waals surface area contributed by atoms with Crippen LogP contribution in [0.5, 0.6) is 0 Å². The third-order valence-corrected chi connectivity index (χ3v) is 2.81. The molecule has 98 valence electrons. The van der Waals surface area contributed by atoms with Gasteiger partial charge in [-0.05, 0) is 6.92 Å². The molecule has 1 aromatic heterocycles. The number of ether oxygens (including phenoxy) is 1. The Morgan fingerprint density at radius 1 is 1.61 bits per heavy atom. The molecule has 0 aliphatic carbocycles. The maximum absolute atomic E-state index is 12.2. The lowest BCUT2D eigenvalue weighted by atomic mass is 10.1. The number of amides is 1. The number of piperazine rings is 1. The Morgan fingerprint density at radius 3 is 3.11 bits per heavy atom. The van der Waals surface area contributed by atoms with E-state index in [2.05, 4.69) is 15.5 Å². The van der Waals surface area contributed by atoms with Crippen molar-refractivity contribution in [1.29, 1.82) is 0 Å². The van der Waals surface area contributed by atoms with E-state index in [4.69, 9.17) is 4.74 Å². The molecular weight excluding hydrogens is 236 g/mol. The van der Waals surface area contributed by atoms with E-state index in [1.54, 1.807) is 6.92 Å². The van der Waals surface area contributed by atoms with Gasteiger partial charge in [0.1, 0.15) is 6.04 Å². The van der Waals surface area contributed by atoms with Crippen LogP contribution in [-0.2, 0) is 9.53 Å². The van der Waals surface area contributed by atoms with Crippen molar-refractivity contribution in [3.05, 3.63) is 18.0 Å². The zero-order valence-corrected chi connectivity index (χ0v) is 10.2. The van der Waals surface area contributed by atoms with Crippen molar-refractivity contribution in [2.24, 2.45) is 0 Å². The van der Waals surface area contributed by atoms with Gasteiger partial charge in [0.05, 0.1) is 18.4 Å². The summed E-state index contributed by atoms with van der Waals surface area (Å²) in [5, 5.41) is 9.42. The van der Waals surface area contributed by atoms with Crippen LogP contribution in [0.15, 0.2) is 12.4 Å². The van der Waals surface area contributed by atoms with Gasteiger partial charge in [0, 0.05) is 25.8 Å². The number of nitrogens with zero attached hydrogens (tertiary/aromatic N) is 2. The van der Waals surface area contributed by atoms with E-state index in [0.29, 0.717) is 31.8 Å². The summed E-state index contributed by atoms with van der Waals surface area (Å²) in [7, 11) is 0. The molecule has 1 aromatic rings. The van der Waals surface area contributed by atoms with Gasteiger partial charge in [-0.15, -0.1) is 0 Å². The van der Waals surface area contributed by atoms with Gasteiger partial charge in [-0.2, -0.15) is 5.10 Å². The predicted octanol–water partition coefficient (Wildman–Crippen LogP) is -0.613. The highest BCUT2D eigenvalue weighted by atomic mass is 16.5. The van der Waals surface area contributed by atoms with Crippen LogP contribution < -0.4 is 5.32 Å². The van der Waals surface area contributed by atoms with Gasteiger partial charge in [0.15, 0.2) is 0 Å². The fraction of sp³-hybridized carbons (Fsp3) is 0.545. The molecule has 1 fully saturated rings. The van der Waals surface area contributed by atoms with Crippen LogP contribution in [0, 0.1) is 0 Å². The third-order valence-electron chi connectivity index (χ3n) is 2.81. The lowest BCUT2D eigenvalue weighted by Gasteiger charge is -2.34. The Morgan fingerprint density at radius 2 is 2.44 bits per heavy atom. The average Bonchev–Trinajstić information content (AvgIpc) is 2.92. The predicted molar refractivity (Wildman–Crippen MR) is 62.9 cm³/mol. The summed E-state index contributed by atoms with van der Waals surface area (Å²) in [5.41, 5.74) is 0.450. The largest absolute Gasteiger partial charge is 0.464 e. The first-order valence-electron chi connectivity index (χ1n) is 5.91. The number of hydrogen-bond donors (Lipinski definition) is 2. The zero-order chi connectivity index (χ0) is 13.0. The fourth-order valence-corrected chi connectivity index (χ4v) is 1.93. The Hall–Kier alpha value is -1.89. The van der Waals surface area contributed by atoms with Crippen LogP contribution in [-0.4, -0.2) is 59.3 Å². The highest BCUT2D eigenvalue weighted by Crippen LogP contribution is 2.10. The molecule has 1 unspecified atom stereocenters. The molecule has 1 aliphatic heterocycles. The number of aromatic nitrogens is 2. The van der Waals surface area contributed by atoms with Crippen LogP contribution in [0.25, 0.3) is 0 Å². The van der Waals surface area contributed by atoms with Crippen LogP contribution >= 0.6 is 0 Å². The van der Waals surface area contributed by atoms with Gasteiger partial charge in [0.25, 0.3) is 5.91 Å². The molecule has 0 spiro atoms. The maximum atomic E-state index is 12.2. The smallest absolute Gasteiger partial charge is 0.330 e. The molecule has 1 amide bonds. The van der Waals surface area contributed by atoms with E-state index in [1.807, 2.05) is 0 Å². The molecule has 2 rings (SSSR count). The van der Waals surface area contributed by atoms with Crippen LogP contribution in [0.4, 0.5) is 0 Å². The van der Waals surface area contributed by atoms with Gasteiger partial charge in [0.2, 0.25) is 0 Å². The van der Waals surface area contributed by atoms with Crippen molar-refractivity contribution < 1.29 is 14.3 Å². The molecule has 2 N–H and O–H groups in total. The van der Waals surface area contributed by atoms with Gasteiger partial charge >= 0.3 is 5.97 Å². The number of carbonyl (C=O) groups excluding carboxylic acids is 2. The minimum atomic E-state index is -0.568. The van der Waals surface area contributed by atoms with Crippen LogP contribution in [0.3, 0.4) is 0 Å². The number of rotatable bonds is 3. The summed E-state index contributed by atoms with van der Waals surface area (Å²) in [5.74, 6) is -0.579. The van der Waals surface area contributed by atoms with Crippen LogP contribution in [0.1, 0.15) is 17.3 Å². The van der Waals surface area contributed by atoms with Crippen LogP contribution in [0.2, 0.25) is 0 Å². The Bertz CT molecular complexity index is 418. The third kappa shape index (κ3) is 2.51. The van der Waals surface area contributed by atoms with Crippen molar-refractivity contribution >= 4 is 11.9 Å². The van der Waals surface area contributed by atoms with Gasteiger partial charge in [-0.1, -0.05) is 0 Å². The number of nitrogens with one attached hydrogen (secondary N) is 2. The first kappa shape index (κ1) is 12.6. The number of esters is 1. The Kier molecular flexibility index (Phi) is 3.93. The lowest BCUT2D eigenvalue weighted by Crippen LogP contribution is -2.57. The van der Waals surface area contributed by atoms with E-state index in [-0.39, 0.29) is 11.9 Å². The van der Waals surface area contributed by atoms with E-state index < -0.39 is 6.04 Å². The van der Waals surface area contributed by atoms with Crippen molar-refractivity contribution in [3.8, 4) is 0 Å². The summed E-state index contributed by atoms with van der Waals surface area (Å²) in [6, 6.07) is -0.568. The second-order valence-corrected chi connectivity index (χ2v) is 3.96. The maximum Gasteiger partial charge on any atom is 0.330 e. The zero-order valence-electron chi connectivity index (χ0n) is 10.2. The highest BCUT2D eigenvalue weighted by molar-refractivity contribution is 5.96. The second-order valence-electron chi connectivity index (χ2n) is 3.96. The SMILES string of the molecule is CCOC(=O)C1CNCCN1C(=O)c1cn[nH]c1. The summed E-state index contributed by atoms with van der Waals surface area (Å²) in [6.07, 6.45) is 2.97. The van der Waals surface area contributed by atoms with E-state index in [1.165, 1.54) is 17.3 Å². The summed E-state index contributed by atoms with van der Waals surface area (Å²) in [4.78, 5) is 25.5. The molecule has 7 nitrogen and oxygen atoms in total. The van der Waals surface area contributed by atoms with Crippen molar-refractivity contribution in [2.45, 2.75) is 13.0 Å². The molecule has 7 heteroatoms. The molecule has 1 atom stereocenters. The monoisotopic (exact) mass is 252 g/mol. The minimum Gasteiger partial charge on any atom is -0.464 e. The number of H-pyrrole nitrogens is 1. The first-order valence-corrected chi connectivity index (χ1v) is 5.91. The number of hydrogen-bond acceptors (Lipinski definition) is 5. The first-order chi connectivity index (χ1) is 8.74. The lowest BCUT2D eigenvalue weighted by molar-refractivity contribution is -0.149. The summed E-state index contributed by atoms with van der Waals surface area (Å²) in [6.45, 7) is 3.62. The highest BCUT2D eigenvalue weighted by Gasteiger charge is 2.33. The number of aromatic amines is 1. The quantitative estimate of drug-likeness (QED) is 0.700. The van der Waals surface area contributed by atoms with Gasteiger partial charge in [-0.25, -0.2) is 4.79 Å². The molecule has 0 radical (unpaired) electrons. The van der Waals surface area contributed by atoms with E-state index in [0.717, 1.165) is 0 Å². The molecule has 0 bridgehead atoms. The van der Waals surface area contributed by atoms with Crippen molar-refractivity contribution in [3.63, 3.8) is 0 Å². The minimum absolute atomic E-state index is 0.205. The second kappa shape index (κ2) is 5.63. The molecular formula is C11H16N4O3. The fourth-order valence-electron chi connectivity index (χ4n) is 1.93. The van der Waals surface area contributed by atoms with E-state index >= 15 is 0 Å². The number of carbonyl (C=O) groups is 2.